The van der Waals surface area contributed by atoms with Gasteiger partial charge in [-0.05, 0) is 36.5 Å². The number of guanidine groups is 1. The molecule has 1 heterocycles. The van der Waals surface area contributed by atoms with Gasteiger partial charge < -0.3 is 10.1 Å². The summed E-state index contributed by atoms with van der Waals surface area (Å²) in [7, 11) is 0. The highest BCUT2D eigenvalue weighted by atomic mass is 16.6. The lowest BCUT2D eigenvalue weighted by Crippen LogP contribution is -2.38. The fraction of sp³-hybridized carbons (Fsp3) is 0.375. The molecule has 1 amide bonds. The summed E-state index contributed by atoms with van der Waals surface area (Å²) in [5.74, 6) is 0.573. The number of fused-ring (bicyclic) bond motifs is 1. The molecule has 0 fully saturated rings. The van der Waals surface area contributed by atoms with E-state index in [1.165, 1.54) is 22.4 Å². The van der Waals surface area contributed by atoms with Crippen molar-refractivity contribution in [3.63, 3.8) is 0 Å². The van der Waals surface area contributed by atoms with E-state index in [0.717, 1.165) is 18.5 Å². The van der Waals surface area contributed by atoms with E-state index in [9.17, 15) is 4.79 Å². The second-order valence-electron chi connectivity index (χ2n) is 5.14. The number of aryl methyl sites for hydroxylation is 1. The Hall–Kier alpha value is -2.30. The number of carbonyl (C=O) groups is 1. The van der Waals surface area contributed by atoms with Crippen LogP contribution in [0.25, 0.3) is 0 Å². The smallest absolute Gasteiger partial charge is 0.417 e. The van der Waals surface area contributed by atoms with Crippen LogP contribution < -0.4 is 5.32 Å². The summed E-state index contributed by atoms with van der Waals surface area (Å²) in [4.78, 5) is 17.9. The average Bonchev–Trinajstić information content (AvgIpc) is 3.14. The molecule has 110 valence electrons. The zero-order valence-corrected chi connectivity index (χ0v) is 12.0. The van der Waals surface area contributed by atoms with Crippen molar-refractivity contribution in [1.82, 2.24) is 4.90 Å². The molecular formula is C16H19N3O2. The van der Waals surface area contributed by atoms with E-state index in [2.05, 4.69) is 23.0 Å². The third-order valence-electron chi connectivity index (χ3n) is 3.78. The van der Waals surface area contributed by atoms with Crippen LogP contribution in [0.5, 0.6) is 0 Å². The van der Waals surface area contributed by atoms with Gasteiger partial charge in [0.2, 0.25) is 5.96 Å². The van der Waals surface area contributed by atoms with E-state index >= 15 is 0 Å². The summed E-state index contributed by atoms with van der Waals surface area (Å²) in [6, 6.07) is 6.25. The van der Waals surface area contributed by atoms with Crippen molar-refractivity contribution >= 4 is 17.7 Å². The molecule has 3 rings (SSSR count). The Bertz CT molecular complexity index is 595. The van der Waals surface area contributed by atoms with Crippen molar-refractivity contribution in [3.8, 4) is 0 Å². The number of rotatable bonds is 3. The normalized spacial score (nSPS) is 16.4. The number of nitrogens with zero attached hydrogens (tertiary/aromatic N) is 2. The Balaban J connectivity index is 1.74. The van der Waals surface area contributed by atoms with E-state index < -0.39 is 0 Å². The SMILES string of the molecule is C=CCOC(=O)N1CCN=C1Nc1cccc2c1CCC2. The first-order valence-electron chi connectivity index (χ1n) is 7.27. The largest absolute Gasteiger partial charge is 0.445 e. The molecule has 1 aliphatic carbocycles. The molecule has 21 heavy (non-hydrogen) atoms. The molecule has 0 saturated carbocycles. The minimum atomic E-state index is -0.383. The quantitative estimate of drug-likeness (QED) is 0.868. The summed E-state index contributed by atoms with van der Waals surface area (Å²) >= 11 is 0. The molecule has 0 bridgehead atoms. The summed E-state index contributed by atoms with van der Waals surface area (Å²) < 4.78 is 5.08. The molecule has 2 aliphatic rings. The lowest BCUT2D eigenvalue weighted by molar-refractivity contribution is 0.136. The van der Waals surface area contributed by atoms with Crippen LogP contribution in [-0.4, -0.2) is 36.6 Å². The average molecular weight is 285 g/mol. The summed E-state index contributed by atoms with van der Waals surface area (Å²) in [6.07, 6.45) is 4.56. The van der Waals surface area contributed by atoms with Crippen LogP contribution in [0.1, 0.15) is 17.5 Å². The topological polar surface area (TPSA) is 53.9 Å². The minimum Gasteiger partial charge on any atom is -0.445 e. The van der Waals surface area contributed by atoms with Gasteiger partial charge in [-0.15, -0.1) is 0 Å². The number of ether oxygens (including phenoxy) is 1. The lowest BCUT2D eigenvalue weighted by atomic mass is 10.1. The van der Waals surface area contributed by atoms with Gasteiger partial charge in [0, 0.05) is 5.69 Å². The molecule has 1 N–H and O–H groups in total. The van der Waals surface area contributed by atoms with Gasteiger partial charge >= 0.3 is 6.09 Å². The molecule has 1 aromatic carbocycles. The Morgan fingerprint density at radius 2 is 2.38 bits per heavy atom. The van der Waals surface area contributed by atoms with E-state index in [-0.39, 0.29) is 12.7 Å². The van der Waals surface area contributed by atoms with Gasteiger partial charge in [0.05, 0.1) is 13.1 Å². The molecule has 0 unspecified atom stereocenters. The monoisotopic (exact) mass is 285 g/mol. The molecule has 1 aliphatic heterocycles. The van der Waals surface area contributed by atoms with Crippen molar-refractivity contribution in [1.29, 1.82) is 0 Å². The Morgan fingerprint density at radius 1 is 1.48 bits per heavy atom. The van der Waals surface area contributed by atoms with Crippen LogP contribution in [0.15, 0.2) is 35.8 Å². The molecular weight excluding hydrogens is 266 g/mol. The van der Waals surface area contributed by atoms with Crippen LogP contribution in [0.3, 0.4) is 0 Å². The number of amides is 1. The molecule has 0 atom stereocenters. The van der Waals surface area contributed by atoms with E-state index in [1.54, 1.807) is 6.08 Å². The van der Waals surface area contributed by atoms with Gasteiger partial charge in [0.25, 0.3) is 0 Å². The lowest BCUT2D eigenvalue weighted by Gasteiger charge is -2.19. The van der Waals surface area contributed by atoms with Gasteiger partial charge in [-0.25, -0.2) is 9.69 Å². The Kier molecular flexibility index (Phi) is 3.90. The minimum absolute atomic E-state index is 0.212. The summed E-state index contributed by atoms with van der Waals surface area (Å²) in [6.45, 7) is 4.90. The molecule has 5 nitrogen and oxygen atoms in total. The second-order valence-corrected chi connectivity index (χ2v) is 5.14. The maximum atomic E-state index is 12.0. The highest BCUT2D eigenvalue weighted by Crippen LogP contribution is 2.29. The maximum absolute atomic E-state index is 12.0. The van der Waals surface area contributed by atoms with E-state index in [0.29, 0.717) is 19.0 Å². The molecule has 0 spiro atoms. The van der Waals surface area contributed by atoms with Crippen molar-refractivity contribution < 1.29 is 9.53 Å². The van der Waals surface area contributed by atoms with Crippen LogP contribution >= 0.6 is 0 Å². The van der Waals surface area contributed by atoms with Crippen LogP contribution in [0.2, 0.25) is 0 Å². The van der Waals surface area contributed by atoms with Gasteiger partial charge in [-0.2, -0.15) is 0 Å². The molecule has 0 saturated heterocycles. The van der Waals surface area contributed by atoms with Crippen molar-refractivity contribution in [2.45, 2.75) is 19.3 Å². The fourth-order valence-corrected chi connectivity index (χ4v) is 2.80. The predicted molar refractivity (Wildman–Crippen MR) is 82.6 cm³/mol. The van der Waals surface area contributed by atoms with E-state index in [4.69, 9.17) is 4.74 Å². The predicted octanol–water partition coefficient (Wildman–Crippen LogP) is 2.58. The highest BCUT2D eigenvalue weighted by Gasteiger charge is 2.26. The van der Waals surface area contributed by atoms with Gasteiger partial charge in [0.15, 0.2) is 0 Å². The fourth-order valence-electron chi connectivity index (χ4n) is 2.80. The van der Waals surface area contributed by atoms with Gasteiger partial charge in [-0.3, -0.25) is 4.99 Å². The maximum Gasteiger partial charge on any atom is 0.417 e. The van der Waals surface area contributed by atoms with Crippen LogP contribution in [0.4, 0.5) is 10.5 Å². The zero-order chi connectivity index (χ0) is 14.7. The van der Waals surface area contributed by atoms with Crippen LogP contribution in [-0.2, 0) is 17.6 Å². The number of hydrogen-bond acceptors (Lipinski definition) is 4. The Morgan fingerprint density at radius 3 is 3.24 bits per heavy atom. The Labute approximate surface area is 124 Å². The van der Waals surface area contributed by atoms with Gasteiger partial charge in [0.1, 0.15) is 6.61 Å². The summed E-state index contributed by atoms with van der Waals surface area (Å²) in [5, 5.41) is 3.30. The zero-order valence-electron chi connectivity index (χ0n) is 12.0. The van der Waals surface area contributed by atoms with Crippen LogP contribution in [0, 0.1) is 0 Å². The number of benzene rings is 1. The third-order valence-corrected chi connectivity index (χ3v) is 3.78. The number of carbonyl (C=O) groups excluding carboxylic acids is 1. The number of aliphatic imine (C=N–C) groups is 1. The molecule has 0 radical (unpaired) electrons. The second kappa shape index (κ2) is 5.99. The van der Waals surface area contributed by atoms with E-state index in [1.807, 2.05) is 12.1 Å². The van der Waals surface area contributed by atoms with Gasteiger partial charge in [-0.1, -0.05) is 24.8 Å². The first-order valence-corrected chi connectivity index (χ1v) is 7.27. The highest BCUT2D eigenvalue weighted by molar-refractivity contribution is 6.03. The summed E-state index contributed by atoms with van der Waals surface area (Å²) in [5.41, 5.74) is 3.78. The van der Waals surface area contributed by atoms with Crippen molar-refractivity contribution in [3.05, 3.63) is 42.0 Å². The molecule has 0 aromatic heterocycles. The van der Waals surface area contributed by atoms with Crippen molar-refractivity contribution in [2.24, 2.45) is 4.99 Å². The number of anilines is 1. The molecule has 5 heteroatoms. The first kappa shape index (κ1) is 13.7. The third kappa shape index (κ3) is 2.77. The number of hydrogen-bond donors (Lipinski definition) is 1. The standard InChI is InChI=1S/C16H19N3O2/c1-2-11-21-16(20)19-10-9-17-15(19)18-14-8-4-6-12-5-3-7-13(12)14/h2,4,6,8H,1,3,5,7,9-11H2,(H,17,18). The first-order chi connectivity index (χ1) is 10.3. The number of nitrogens with one attached hydrogen (secondary N) is 1. The molecule has 1 aromatic rings. The van der Waals surface area contributed by atoms with Crippen molar-refractivity contribution in [2.75, 3.05) is 25.0 Å².